The van der Waals surface area contributed by atoms with Crippen molar-refractivity contribution >= 4 is 5.78 Å². The first-order valence-electron chi connectivity index (χ1n) is 11.1. The van der Waals surface area contributed by atoms with Crippen LogP contribution in [0.2, 0.25) is 0 Å². The first kappa shape index (κ1) is 22.2. The minimum atomic E-state index is -0.119. The Kier molecular flexibility index (Phi) is 9.82. The summed E-state index contributed by atoms with van der Waals surface area (Å²) >= 11 is 0. The average Bonchev–Trinajstić information content (AvgIpc) is 2.71. The van der Waals surface area contributed by atoms with Crippen molar-refractivity contribution in [2.75, 3.05) is 0 Å². The van der Waals surface area contributed by atoms with Crippen LogP contribution in [0.1, 0.15) is 98.2 Å². The van der Waals surface area contributed by atoms with E-state index < -0.39 is 0 Å². The summed E-state index contributed by atoms with van der Waals surface area (Å²) in [6.07, 6.45) is 14.5. The molecule has 2 heteroatoms. The SMILES string of the molecule is CCCCCCCCCCCCc1ccc(C(=O)c2cccc(C)c2O)cc1. The van der Waals surface area contributed by atoms with Crippen LogP contribution < -0.4 is 0 Å². The molecule has 2 nitrogen and oxygen atoms in total. The van der Waals surface area contributed by atoms with Crippen molar-refractivity contribution in [2.45, 2.75) is 84.5 Å². The molecule has 2 aromatic rings. The Hall–Kier alpha value is -2.09. The Morgan fingerprint density at radius 3 is 1.96 bits per heavy atom. The summed E-state index contributed by atoms with van der Waals surface area (Å²) in [5.74, 6) is -0.0337. The maximum Gasteiger partial charge on any atom is 0.196 e. The van der Waals surface area contributed by atoms with Gasteiger partial charge in [-0.15, -0.1) is 0 Å². The lowest BCUT2D eigenvalue weighted by Gasteiger charge is -2.07. The highest BCUT2D eigenvalue weighted by molar-refractivity contribution is 6.10. The van der Waals surface area contributed by atoms with E-state index in [1.54, 1.807) is 6.07 Å². The lowest BCUT2D eigenvalue weighted by atomic mass is 9.98. The average molecular weight is 381 g/mol. The minimum absolute atomic E-state index is 0.0851. The fourth-order valence-electron chi connectivity index (χ4n) is 3.64. The fraction of sp³-hybridized carbons (Fsp3) is 0.500. The molecule has 152 valence electrons. The highest BCUT2D eigenvalue weighted by atomic mass is 16.3. The molecule has 0 bridgehead atoms. The van der Waals surface area contributed by atoms with E-state index in [0.29, 0.717) is 11.1 Å². The third kappa shape index (κ3) is 7.14. The second-order valence-electron chi connectivity index (χ2n) is 7.93. The van der Waals surface area contributed by atoms with Crippen molar-refractivity contribution in [1.29, 1.82) is 0 Å². The van der Waals surface area contributed by atoms with E-state index in [4.69, 9.17) is 0 Å². The number of hydrogen-bond acceptors (Lipinski definition) is 2. The van der Waals surface area contributed by atoms with Crippen molar-refractivity contribution in [3.63, 3.8) is 0 Å². The molecule has 1 N–H and O–H groups in total. The smallest absolute Gasteiger partial charge is 0.196 e. The van der Waals surface area contributed by atoms with Gasteiger partial charge in [-0.05, 0) is 37.0 Å². The second-order valence-corrected chi connectivity index (χ2v) is 7.93. The normalized spacial score (nSPS) is 10.9. The molecule has 0 spiro atoms. The summed E-state index contributed by atoms with van der Waals surface area (Å²) in [6, 6.07) is 13.2. The number of unbranched alkanes of at least 4 members (excludes halogenated alkanes) is 9. The van der Waals surface area contributed by atoms with Crippen LogP contribution in [-0.2, 0) is 6.42 Å². The molecular formula is C26H36O2. The third-order valence-electron chi connectivity index (χ3n) is 5.52. The standard InChI is InChI=1S/C26H36O2/c1-3-4-5-6-7-8-9-10-11-12-15-22-17-19-23(20-18-22)26(28)24-16-13-14-21(2)25(24)27/h13-14,16-20,27H,3-12,15H2,1-2H3. The van der Waals surface area contributed by atoms with E-state index in [1.165, 1.54) is 69.8 Å². The van der Waals surface area contributed by atoms with Crippen LogP contribution in [0.25, 0.3) is 0 Å². The van der Waals surface area contributed by atoms with Gasteiger partial charge in [0, 0.05) is 5.56 Å². The lowest BCUT2D eigenvalue weighted by molar-refractivity contribution is 0.103. The predicted octanol–water partition coefficient (Wildman–Crippen LogP) is 7.40. The molecule has 28 heavy (non-hydrogen) atoms. The molecule has 0 aliphatic heterocycles. The second kappa shape index (κ2) is 12.4. The van der Waals surface area contributed by atoms with Crippen molar-refractivity contribution in [3.8, 4) is 5.75 Å². The number of para-hydroxylation sites is 1. The van der Waals surface area contributed by atoms with Crippen molar-refractivity contribution in [1.82, 2.24) is 0 Å². The van der Waals surface area contributed by atoms with E-state index in [-0.39, 0.29) is 11.5 Å². The Balaban J connectivity index is 1.69. The number of aromatic hydroxyl groups is 1. The summed E-state index contributed by atoms with van der Waals surface area (Å²) in [6.45, 7) is 4.07. The molecule has 0 aliphatic rings. The lowest BCUT2D eigenvalue weighted by Crippen LogP contribution is -2.02. The molecule has 2 rings (SSSR count). The van der Waals surface area contributed by atoms with Crippen molar-refractivity contribution in [2.24, 2.45) is 0 Å². The van der Waals surface area contributed by atoms with E-state index in [9.17, 15) is 9.90 Å². The van der Waals surface area contributed by atoms with Gasteiger partial charge in [-0.25, -0.2) is 0 Å². The van der Waals surface area contributed by atoms with Gasteiger partial charge < -0.3 is 5.11 Å². The predicted molar refractivity (Wildman–Crippen MR) is 118 cm³/mol. The fourth-order valence-corrected chi connectivity index (χ4v) is 3.64. The number of phenolic OH excluding ortho intramolecular Hbond substituents is 1. The number of rotatable bonds is 13. The van der Waals surface area contributed by atoms with Crippen LogP contribution in [0.15, 0.2) is 42.5 Å². The van der Waals surface area contributed by atoms with E-state index in [2.05, 4.69) is 6.92 Å². The number of phenols is 1. The maximum absolute atomic E-state index is 12.6. The van der Waals surface area contributed by atoms with Crippen LogP contribution in [0.4, 0.5) is 0 Å². The van der Waals surface area contributed by atoms with E-state index in [0.717, 1.165) is 12.0 Å². The zero-order chi connectivity index (χ0) is 20.2. The first-order chi connectivity index (χ1) is 13.6. The topological polar surface area (TPSA) is 37.3 Å². The Morgan fingerprint density at radius 2 is 1.36 bits per heavy atom. The molecule has 0 unspecified atom stereocenters. The van der Waals surface area contributed by atoms with Gasteiger partial charge in [0.2, 0.25) is 0 Å². The minimum Gasteiger partial charge on any atom is -0.507 e. The molecule has 0 heterocycles. The van der Waals surface area contributed by atoms with Gasteiger partial charge in [-0.3, -0.25) is 4.79 Å². The van der Waals surface area contributed by atoms with Gasteiger partial charge in [-0.1, -0.05) is 101 Å². The third-order valence-corrected chi connectivity index (χ3v) is 5.52. The summed E-state index contributed by atoms with van der Waals surface area (Å²) in [5.41, 5.74) is 3.02. The Labute approximate surface area is 171 Å². The largest absolute Gasteiger partial charge is 0.507 e. The summed E-state index contributed by atoms with van der Waals surface area (Å²) < 4.78 is 0. The van der Waals surface area contributed by atoms with E-state index >= 15 is 0 Å². The van der Waals surface area contributed by atoms with Gasteiger partial charge in [0.25, 0.3) is 0 Å². The van der Waals surface area contributed by atoms with Gasteiger partial charge in [0.05, 0.1) is 5.56 Å². The zero-order valence-corrected chi connectivity index (χ0v) is 17.7. The zero-order valence-electron chi connectivity index (χ0n) is 17.7. The van der Waals surface area contributed by atoms with Gasteiger partial charge in [0.1, 0.15) is 5.75 Å². The molecule has 2 aromatic carbocycles. The number of carbonyl (C=O) groups is 1. The summed E-state index contributed by atoms with van der Waals surface area (Å²) in [4.78, 5) is 12.6. The van der Waals surface area contributed by atoms with Crippen LogP contribution in [-0.4, -0.2) is 10.9 Å². The van der Waals surface area contributed by atoms with Gasteiger partial charge in [0.15, 0.2) is 5.78 Å². The molecule has 0 amide bonds. The van der Waals surface area contributed by atoms with Gasteiger partial charge in [-0.2, -0.15) is 0 Å². The summed E-state index contributed by atoms with van der Waals surface area (Å²) in [5, 5.41) is 10.1. The molecule has 0 saturated carbocycles. The molecule has 0 aliphatic carbocycles. The number of hydrogen-bond donors (Lipinski definition) is 1. The van der Waals surface area contributed by atoms with Crippen LogP contribution in [0.3, 0.4) is 0 Å². The van der Waals surface area contributed by atoms with Crippen molar-refractivity contribution in [3.05, 3.63) is 64.7 Å². The van der Waals surface area contributed by atoms with Crippen LogP contribution >= 0.6 is 0 Å². The number of benzene rings is 2. The molecule has 0 aromatic heterocycles. The molecule has 0 radical (unpaired) electrons. The monoisotopic (exact) mass is 380 g/mol. The maximum atomic E-state index is 12.6. The van der Waals surface area contributed by atoms with Crippen molar-refractivity contribution < 1.29 is 9.90 Å². The number of ketones is 1. The highest BCUT2D eigenvalue weighted by Crippen LogP contribution is 2.24. The van der Waals surface area contributed by atoms with E-state index in [1.807, 2.05) is 43.3 Å². The first-order valence-corrected chi connectivity index (χ1v) is 11.1. The molecule has 0 atom stereocenters. The molecular weight excluding hydrogens is 344 g/mol. The summed E-state index contributed by atoms with van der Waals surface area (Å²) in [7, 11) is 0. The quantitative estimate of drug-likeness (QED) is 0.290. The van der Waals surface area contributed by atoms with Crippen LogP contribution in [0.5, 0.6) is 5.75 Å². The van der Waals surface area contributed by atoms with Crippen LogP contribution in [0, 0.1) is 6.92 Å². The Bertz CT molecular complexity index is 716. The Morgan fingerprint density at radius 1 is 0.786 bits per heavy atom. The molecule has 0 fully saturated rings. The molecule has 0 saturated heterocycles. The van der Waals surface area contributed by atoms with Gasteiger partial charge >= 0.3 is 0 Å². The highest BCUT2D eigenvalue weighted by Gasteiger charge is 2.14. The number of carbonyl (C=O) groups excluding carboxylic acids is 1. The number of aryl methyl sites for hydroxylation is 2.